The van der Waals surface area contributed by atoms with Crippen LogP contribution in [0.15, 0.2) is 5.38 Å². The van der Waals surface area contributed by atoms with E-state index in [0.29, 0.717) is 19.7 Å². The van der Waals surface area contributed by atoms with Crippen LogP contribution in [0.4, 0.5) is 5.13 Å². The number of aryl methyl sites for hydroxylation is 1. The van der Waals surface area contributed by atoms with Gasteiger partial charge in [0.15, 0.2) is 5.13 Å². The number of nitrogens with one attached hydrogen (secondary N) is 1. The summed E-state index contributed by atoms with van der Waals surface area (Å²) in [6.45, 7) is 6.48. The number of nitrogens with zero attached hydrogens (tertiary/aromatic N) is 2. The van der Waals surface area contributed by atoms with Crippen LogP contribution < -0.4 is 10.2 Å². The van der Waals surface area contributed by atoms with E-state index < -0.39 is 0 Å². The Bertz CT molecular complexity index is 393. The lowest BCUT2D eigenvalue weighted by Gasteiger charge is -2.27. The van der Waals surface area contributed by atoms with Crippen LogP contribution in [-0.2, 0) is 9.53 Å². The van der Waals surface area contributed by atoms with Gasteiger partial charge in [0, 0.05) is 25.0 Å². The zero-order valence-corrected chi connectivity index (χ0v) is 12.1. The molecule has 1 atom stereocenters. The van der Waals surface area contributed by atoms with Crippen LogP contribution in [0.2, 0.25) is 0 Å². The molecule has 5 nitrogen and oxygen atoms in total. The van der Waals surface area contributed by atoms with Gasteiger partial charge >= 0.3 is 0 Å². The number of thiazole rings is 1. The maximum atomic E-state index is 12.3. The molecule has 0 spiro atoms. The molecule has 1 saturated heterocycles. The Morgan fingerprint density at radius 1 is 1.72 bits per heavy atom. The average molecular weight is 292 g/mol. The fraction of sp³-hybridized carbons (Fsp3) is 0.636. The molecule has 1 fully saturated rings. The molecule has 1 aliphatic heterocycles. The fourth-order valence-corrected chi connectivity index (χ4v) is 2.62. The number of carbonyl (C=O) groups excluding carboxylic acids is 1. The Hall–Kier alpha value is -0.690. The SMILES string of the molecule is CCN(C(=O)C1CNCCO1)c1nc(C)cs1.Cl. The summed E-state index contributed by atoms with van der Waals surface area (Å²) in [5.74, 6) is -0.00551. The number of aromatic nitrogens is 1. The molecule has 18 heavy (non-hydrogen) atoms. The topological polar surface area (TPSA) is 54.5 Å². The first kappa shape index (κ1) is 15.4. The van der Waals surface area contributed by atoms with Gasteiger partial charge in [-0.05, 0) is 13.8 Å². The van der Waals surface area contributed by atoms with Crippen LogP contribution in [-0.4, -0.2) is 43.2 Å². The number of carbonyl (C=O) groups is 1. The van der Waals surface area contributed by atoms with Crippen molar-refractivity contribution in [3.63, 3.8) is 0 Å². The van der Waals surface area contributed by atoms with Gasteiger partial charge < -0.3 is 10.1 Å². The van der Waals surface area contributed by atoms with Crippen LogP contribution in [0.25, 0.3) is 0 Å². The third-order valence-electron chi connectivity index (χ3n) is 2.62. The summed E-state index contributed by atoms with van der Waals surface area (Å²) in [5, 5.41) is 5.87. The van der Waals surface area contributed by atoms with Crippen LogP contribution in [0.1, 0.15) is 12.6 Å². The number of morpholine rings is 1. The molecule has 0 bridgehead atoms. The molecular formula is C11H18ClN3O2S. The summed E-state index contributed by atoms with van der Waals surface area (Å²) in [6, 6.07) is 0. The molecule has 0 saturated carbocycles. The number of halogens is 1. The Balaban J connectivity index is 0.00000162. The fourth-order valence-electron chi connectivity index (χ4n) is 1.75. The molecule has 0 aliphatic carbocycles. The number of amides is 1. The van der Waals surface area contributed by atoms with Crippen molar-refractivity contribution < 1.29 is 9.53 Å². The van der Waals surface area contributed by atoms with Crippen LogP contribution in [0, 0.1) is 6.92 Å². The van der Waals surface area contributed by atoms with E-state index in [0.717, 1.165) is 17.4 Å². The van der Waals surface area contributed by atoms with Gasteiger partial charge in [-0.2, -0.15) is 0 Å². The molecular weight excluding hydrogens is 274 g/mol. The minimum atomic E-state index is -0.382. The maximum Gasteiger partial charge on any atom is 0.259 e. The molecule has 2 heterocycles. The van der Waals surface area contributed by atoms with E-state index >= 15 is 0 Å². The summed E-state index contributed by atoms with van der Waals surface area (Å²) in [5.41, 5.74) is 0.943. The highest BCUT2D eigenvalue weighted by Gasteiger charge is 2.28. The standard InChI is InChI=1S/C11H17N3O2S.ClH/c1-3-14(11-13-8(2)7-17-11)10(15)9-6-12-4-5-16-9;/h7,9,12H,3-6H2,1-2H3;1H. The van der Waals surface area contributed by atoms with Gasteiger partial charge in [-0.1, -0.05) is 0 Å². The first-order valence-corrected chi connectivity index (χ1v) is 6.66. The highest BCUT2D eigenvalue weighted by Crippen LogP contribution is 2.21. The first-order chi connectivity index (χ1) is 8.22. The van der Waals surface area contributed by atoms with Crippen molar-refractivity contribution in [2.75, 3.05) is 31.1 Å². The van der Waals surface area contributed by atoms with Gasteiger partial charge in [0.25, 0.3) is 5.91 Å². The van der Waals surface area contributed by atoms with Gasteiger partial charge in [-0.25, -0.2) is 4.98 Å². The van der Waals surface area contributed by atoms with Gasteiger partial charge in [-0.15, -0.1) is 23.7 Å². The van der Waals surface area contributed by atoms with Crippen molar-refractivity contribution in [2.24, 2.45) is 0 Å². The van der Waals surface area contributed by atoms with Crippen molar-refractivity contribution in [3.8, 4) is 0 Å². The van der Waals surface area contributed by atoms with E-state index in [1.54, 1.807) is 4.90 Å². The summed E-state index contributed by atoms with van der Waals surface area (Å²) in [6.07, 6.45) is -0.382. The highest BCUT2D eigenvalue weighted by molar-refractivity contribution is 7.14. The summed E-state index contributed by atoms with van der Waals surface area (Å²) >= 11 is 1.49. The Morgan fingerprint density at radius 3 is 3.00 bits per heavy atom. The van der Waals surface area contributed by atoms with Crippen molar-refractivity contribution >= 4 is 34.8 Å². The molecule has 102 valence electrons. The van der Waals surface area contributed by atoms with E-state index in [1.165, 1.54) is 11.3 Å². The predicted octanol–water partition coefficient (Wildman–Crippen LogP) is 1.21. The van der Waals surface area contributed by atoms with Crippen molar-refractivity contribution in [1.29, 1.82) is 0 Å². The molecule has 7 heteroatoms. The summed E-state index contributed by atoms with van der Waals surface area (Å²) in [4.78, 5) is 18.3. The Morgan fingerprint density at radius 2 is 2.50 bits per heavy atom. The van der Waals surface area contributed by atoms with E-state index in [9.17, 15) is 4.79 Å². The second-order valence-electron chi connectivity index (χ2n) is 3.92. The van der Waals surface area contributed by atoms with Crippen molar-refractivity contribution in [1.82, 2.24) is 10.3 Å². The van der Waals surface area contributed by atoms with Gasteiger partial charge in [0.2, 0.25) is 0 Å². The summed E-state index contributed by atoms with van der Waals surface area (Å²) in [7, 11) is 0. The van der Waals surface area contributed by atoms with E-state index in [-0.39, 0.29) is 24.4 Å². The second kappa shape index (κ2) is 7.04. The lowest BCUT2D eigenvalue weighted by Crippen LogP contribution is -2.49. The molecule has 2 rings (SSSR count). The van der Waals surface area contributed by atoms with Gasteiger partial charge in [0.1, 0.15) is 6.10 Å². The number of rotatable bonds is 3. The largest absolute Gasteiger partial charge is 0.366 e. The number of hydrogen-bond acceptors (Lipinski definition) is 5. The third kappa shape index (κ3) is 3.41. The lowest BCUT2D eigenvalue weighted by molar-refractivity contribution is -0.131. The molecule has 1 aromatic rings. The van der Waals surface area contributed by atoms with Crippen molar-refractivity contribution in [3.05, 3.63) is 11.1 Å². The zero-order valence-electron chi connectivity index (χ0n) is 10.5. The molecule has 1 aliphatic rings. The molecule has 1 unspecified atom stereocenters. The molecule has 1 amide bonds. The minimum absolute atomic E-state index is 0. The van der Waals surface area contributed by atoms with E-state index in [2.05, 4.69) is 10.3 Å². The summed E-state index contributed by atoms with van der Waals surface area (Å²) < 4.78 is 5.47. The van der Waals surface area contributed by atoms with Crippen molar-refractivity contribution in [2.45, 2.75) is 20.0 Å². The second-order valence-corrected chi connectivity index (χ2v) is 4.75. The number of ether oxygens (including phenoxy) is 1. The number of anilines is 1. The molecule has 0 radical (unpaired) electrons. The molecule has 1 aromatic heterocycles. The monoisotopic (exact) mass is 291 g/mol. The normalized spacial score (nSPS) is 19.1. The number of likely N-dealkylation sites (N-methyl/N-ethyl adjacent to an activating group) is 1. The zero-order chi connectivity index (χ0) is 12.3. The minimum Gasteiger partial charge on any atom is -0.366 e. The third-order valence-corrected chi connectivity index (χ3v) is 3.60. The Labute approximate surface area is 117 Å². The average Bonchev–Trinajstić information content (AvgIpc) is 2.78. The molecule has 1 N–H and O–H groups in total. The van der Waals surface area contributed by atoms with E-state index in [4.69, 9.17) is 4.74 Å². The number of hydrogen-bond donors (Lipinski definition) is 1. The van der Waals surface area contributed by atoms with Crippen LogP contribution in [0.5, 0.6) is 0 Å². The van der Waals surface area contributed by atoms with Crippen LogP contribution in [0.3, 0.4) is 0 Å². The van der Waals surface area contributed by atoms with Crippen LogP contribution >= 0.6 is 23.7 Å². The van der Waals surface area contributed by atoms with Gasteiger partial charge in [-0.3, -0.25) is 9.69 Å². The molecule has 0 aromatic carbocycles. The lowest BCUT2D eigenvalue weighted by atomic mass is 10.2. The first-order valence-electron chi connectivity index (χ1n) is 5.78. The highest BCUT2D eigenvalue weighted by atomic mass is 35.5. The quantitative estimate of drug-likeness (QED) is 0.910. The van der Waals surface area contributed by atoms with Gasteiger partial charge in [0.05, 0.1) is 12.3 Å². The van der Waals surface area contributed by atoms with E-state index in [1.807, 2.05) is 19.2 Å². The smallest absolute Gasteiger partial charge is 0.259 e. The Kier molecular flexibility index (Phi) is 6.01. The predicted molar refractivity (Wildman–Crippen MR) is 74.7 cm³/mol. The maximum absolute atomic E-state index is 12.3.